The number of ether oxygens (including phenoxy) is 2. The summed E-state index contributed by atoms with van der Waals surface area (Å²) >= 11 is 3.51. The molecular formula is C23H23BrN2O4. The van der Waals surface area contributed by atoms with Gasteiger partial charge >= 0.3 is 0 Å². The van der Waals surface area contributed by atoms with E-state index in [-0.39, 0.29) is 11.3 Å². The molecule has 7 heteroatoms. The van der Waals surface area contributed by atoms with Gasteiger partial charge in [-0.1, -0.05) is 52.3 Å². The number of nitro groups is 1. The number of para-hydroxylation sites is 1. The minimum absolute atomic E-state index is 0.229. The van der Waals surface area contributed by atoms with Crippen molar-refractivity contribution in [3.8, 4) is 11.5 Å². The second-order valence-electron chi connectivity index (χ2n) is 6.74. The van der Waals surface area contributed by atoms with E-state index >= 15 is 0 Å². The predicted molar refractivity (Wildman–Crippen MR) is 121 cm³/mol. The number of benzene rings is 3. The fraction of sp³-hybridized carbons (Fsp3) is 0.217. The molecule has 0 unspecified atom stereocenters. The van der Waals surface area contributed by atoms with E-state index in [0.717, 1.165) is 21.3 Å². The highest BCUT2D eigenvalue weighted by Gasteiger charge is 2.35. The maximum absolute atomic E-state index is 12.2. The van der Waals surface area contributed by atoms with Crippen LogP contribution < -0.4 is 14.8 Å². The van der Waals surface area contributed by atoms with Gasteiger partial charge in [-0.05, 0) is 42.0 Å². The molecule has 0 aliphatic rings. The van der Waals surface area contributed by atoms with Crippen LogP contribution in [-0.2, 0) is 6.42 Å². The van der Waals surface area contributed by atoms with Gasteiger partial charge in [-0.3, -0.25) is 10.1 Å². The van der Waals surface area contributed by atoms with Gasteiger partial charge in [0.2, 0.25) is 6.04 Å². The van der Waals surface area contributed by atoms with Crippen LogP contribution in [0, 0.1) is 10.1 Å². The molecule has 0 aliphatic heterocycles. The molecule has 0 bridgehead atoms. The summed E-state index contributed by atoms with van der Waals surface area (Å²) in [5, 5.41) is 15.6. The molecule has 0 aromatic heterocycles. The van der Waals surface area contributed by atoms with Crippen LogP contribution in [0.4, 0.5) is 5.69 Å². The first kappa shape index (κ1) is 21.6. The largest absolute Gasteiger partial charge is 0.497 e. The first-order chi connectivity index (χ1) is 14.5. The van der Waals surface area contributed by atoms with Crippen LogP contribution in [0.25, 0.3) is 0 Å². The summed E-state index contributed by atoms with van der Waals surface area (Å²) in [5.41, 5.74) is 2.35. The molecule has 0 spiro atoms. The Morgan fingerprint density at radius 2 is 1.63 bits per heavy atom. The van der Waals surface area contributed by atoms with Gasteiger partial charge in [-0.25, -0.2) is 0 Å². The Morgan fingerprint density at radius 3 is 2.27 bits per heavy atom. The summed E-state index contributed by atoms with van der Waals surface area (Å²) in [6.45, 7) is 0. The average molecular weight is 471 g/mol. The van der Waals surface area contributed by atoms with Gasteiger partial charge in [0.1, 0.15) is 17.5 Å². The maximum atomic E-state index is 12.2. The van der Waals surface area contributed by atoms with Crippen LogP contribution in [0.1, 0.15) is 17.2 Å². The van der Waals surface area contributed by atoms with E-state index in [9.17, 15) is 10.1 Å². The van der Waals surface area contributed by atoms with Crippen molar-refractivity contribution >= 4 is 21.6 Å². The molecule has 0 aliphatic carbocycles. The minimum atomic E-state index is -0.929. The SMILES string of the molecule is COc1ccc(N[C@H](c2ccccc2OC)[C@H](Cc2ccccc2Br)[N+](=O)[O-])cc1. The molecule has 3 aromatic rings. The first-order valence-electron chi connectivity index (χ1n) is 9.44. The molecule has 0 amide bonds. The Labute approximate surface area is 184 Å². The summed E-state index contributed by atoms with van der Waals surface area (Å²) in [5.74, 6) is 1.32. The Morgan fingerprint density at radius 1 is 0.967 bits per heavy atom. The summed E-state index contributed by atoms with van der Waals surface area (Å²) in [6, 6.07) is 20.7. The molecule has 0 saturated carbocycles. The van der Waals surface area contributed by atoms with Gasteiger partial charge in [0.15, 0.2) is 0 Å². The summed E-state index contributed by atoms with van der Waals surface area (Å²) in [7, 11) is 3.17. The fourth-order valence-electron chi connectivity index (χ4n) is 3.37. The number of anilines is 1. The summed E-state index contributed by atoms with van der Waals surface area (Å²) in [4.78, 5) is 12.0. The Balaban J connectivity index is 2.03. The van der Waals surface area contributed by atoms with Crippen LogP contribution in [0.3, 0.4) is 0 Å². The Kier molecular flexibility index (Phi) is 7.30. The number of hydrogen-bond acceptors (Lipinski definition) is 5. The van der Waals surface area contributed by atoms with E-state index < -0.39 is 12.1 Å². The number of methoxy groups -OCH3 is 2. The zero-order valence-electron chi connectivity index (χ0n) is 16.7. The monoisotopic (exact) mass is 470 g/mol. The van der Waals surface area contributed by atoms with Crippen molar-refractivity contribution in [2.24, 2.45) is 0 Å². The zero-order chi connectivity index (χ0) is 21.5. The van der Waals surface area contributed by atoms with Crippen molar-refractivity contribution in [1.82, 2.24) is 0 Å². The standard InChI is InChI=1S/C23H23BrN2O4/c1-29-18-13-11-17(12-14-18)25-23(19-8-4-6-10-22(19)30-2)21(26(27)28)15-16-7-3-5-9-20(16)24/h3-14,21,23,25H,15H2,1-2H3/t21-,23+/m0/s1. The van der Waals surface area contributed by atoms with Crippen molar-refractivity contribution in [1.29, 1.82) is 0 Å². The second kappa shape index (κ2) is 10.1. The number of nitrogens with one attached hydrogen (secondary N) is 1. The lowest BCUT2D eigenvalue weighted by Gasteiger charge is -2.25. The van der Waals surface area contributed by atoms with Crippen molar-refractivity contribution in [3.63, 3.8) is 0 Å². The highest BCUT2D eigenvalue weighted by molar-refractivity contribution is 9.10. The average Bonchev–Trinajstić information content (AvgIpc) is 2.77. The van der Waals surface area contributed by atoms with E-state index in [2.05, 4.69) is 21.2 Å². The molecule has 0 fully saturated rings. The zero-order valence-corrected chi connectivity index (χ0v) is 18.3. The van der Waals surface area contributed by atoms with Crippen molar-refractivity contribution in [2.45, 2.75) is 18.5 Å². The summed E-state index contributed by atoms with van der Waals surface area (Å²) in [6.07, 6.45) is 0.250. The van der Waals surface area contributed by atoms with E-state index in [1.54, 1.807) is 14.2 Å². The van der Waals surface area contributed by atoms with Gasteiger partial charge in [0, 0.05) is 27.1 Å². The van der Waals surface area contributed by atoms with Crippen LogP contribution in [0.15, 0.2) is 77.3 Å². The van der Waals surface area contributed by atoms with Gasteiger partial charge in [0.05, 0.1) is 14.2 Å². The van der Waals surface area contributed by atoms with E-state index in [1.807, 2.05) is 72.8 Å². The fourth-order valence-corrected chi connectivity index (χ4v) is 3.82. The molecular weight excluding hydrogens is 448 g/mol. The van der Waals surface area contributed by atoms with E-state index in [4.69, 9.17) is 9.47 Å². The molecule has 0 heterocycles. The lowest BCUT2D eigenvalue weighted by Crippen LogP contribution is -2.35. The van der Waals surface area contributed by atoms with Crippen molar-refractivity contribution in [2.75, 3.05) is 19.5 Å². The number of halogens is 1. The van der Waals surface area contributed by atoms with Crippen LogP contribution >= 0.6 is 15.9 Å². The third-order valence-electron chi connectivity index (χ3n) is 4.93. The van der Waals surface area contributed by atoms with Crippen LogP contribution in [0.5, 0.6) is 11.5 Å². The van der Waals surface area contributed by atoms with Crippen LogP contribution in [0.2, 0.25) is 0 Å². The third kappa shape index (κ3) is 5.10. The lowest BCUT2D eigenvalue weighted by atomic mass is 9.93. The quantitative estimate of drug-likeness (QED) is 0.329. The topological polar surface area (TPSA) is 73.6 Å². The van der Waals surface area contributed by atoms with Crippen LogP contribution in [-0.4, -0.2) is 25.2 Å². The molecule has 3 rings (SSSR count). The Bertz CT molecular complexity index is 995. The normalized spacial score (nSPS) is 12.6. The Hall–Kier alpha value is -3.06. The number of rotatable bonds is 9. The molecule has 6 nitrogen and oxygen atoms in total. The molecule has 2 atom stereocenters. The molecule has 30 heavy (non-hydrogen) atoms. The van der Waals surface area contributed by atoms with Gasteiger partial charge in [-0.2, -0.15) is 0 Å². The molecule has 156 valence electrons. The highest BCUT2D eigenvalue weighted by Crippen LogP contribution is 2.34. The van der Waals surface area contributed by atoms with Crippen molar-refractivity contribution in [3.05, 3.63) is 98.5 Å². The van der Waals surface area contributed by atoms with Gasteiger partial charge < -0.3 is 14.8 Å². The molecule has 0 saturated heterocycles. The van der Waals surface area contributed by atoms with E-state index in [1.165, 1.54) is 0 Å². The second-order valence-corrected chi connectivity index (χ2v) is 7.60. The number of nitrogens with zero attached hydrogens (tertiary/aromatic N) is 1. The smallest absolute Gasteiger partial charge is 0.241 e. The highest BCUT2D eigenvalue weighted by atomic mass is 79.9. The minimum Gasteiger partial charge on any atom is -0.497 e. The third-order valence-corrected chi connectivity index (χ3v) is 5.70. The summed E-state index contributed by atoms with van der Waals surface area (Å²) < 4.78 is 11.6. The molecule has 3 aromatic carbocycles. The van der Waals surface area contributed by atoms with Gasteiger partial charge in [-0.15, -0.1) is 0 Å². The first-order valence-corrected chi connectivity index (χ1v) is 10.2. The van der Waals surface area contributed by atoms with Gasteiger partial charge in [0.25, 0.3) is 0 Å². The number of hydrogen-bond donors (Lipinski definition) is 1. The van der Waals surface area contributed by atoms with Crippen molar-refractivity contribution < 1.29 is 14.4 Å². The van der Waals surface area contributed by atoms with E-state index in [0.29, 0.717) is 11.5 Å². The molecule has 1 N–H and O–H groups in total. The molecule has 0 radical (unpaired) electrons. The lowest BCUT2D eigenvalue weighted by molar-refractivity contribution is -0.525. The maximum Gasteiger partial charge on any atom is 0.241 e. The predicted octanol–water partition coefficient (Wildman–Crippen LogP) is 5.51.